The second-order valence-corrected chi connectivity index (χ2v) is 14.0. The summed E-state index contributed by atoms with van der Waals surface area (Å²) in [5.41, 5.74) is 4.03. The number of nitrogens with zero attached hydrogens (tertiary/aromatic N) is 3. The lowest BCUT2D eigenvalue weighted by molar-refractivity contribution is -0.384. The number of non-ortho nitro benzene ring substituents is 1. The summed E-state index contributed by atoms with van der Waals surface area (Å²) in [4.78, 5) is 43.8. The maximum atomic E-state index is 14.3. The molecule has 0 unspecified atom stereocenters. The molecule has 0 spiro atoms. The van der Waals surface area contributed by atoms with Gasteiger partial charge in [-0.3, -0.25) is 19.5 Å². The minimum atomic E-state index is -0.706. The molecule has 0 amide bonds. The lowest BCUT2D eigenvalue weighted by Gasteiger charge is -2.26. The van der Waals surface area contributed by atoms with Crippen molar-refractivity contribution in [1.29, 1.82) is 0 Å². The SMILES string of the molecule is CCCC1=C(C(=O)OCC)[C@H](c2ccc(C(C)C)cc2)n2c(s/c(=C\c3cc(Br)cc(Br)c3OCc3ccc([N+](=O)[O-])cc3)c2=O)=N1. The van der Waals surface area contributed by atoms with Crippen LogP contribution in [0.2, 0.25) is 0 Å². The molecule has 0 bridgehead atoms. The number of hydrogen-bond acceptors (Lipinski definition) is 8. The van der Waals surface area contributed by atoms with Gasteiger partial charge in [-0.25, -0.2) is 9.79 Å². The standard InChI is InChI=1S/C35H33Br2N3O6S/c1-5-7-28-30(34(42)45-6-2)31(23-12-10-22(11-13-23)20(3)4)39-33(41)29(47-35(39)38-28)17-24-16-25(36)18-27(37)32(24)46-19-21-8-14-26(15-9-21)40(43)44/h8-18,20,31H,5-7,19H2,1-4H3/b29-17-/t31-/m0/s1. The Kier molecular flexibility index (Phi) is 10.9. The number of allylic oxidation sites excluding steroid dienone is 1. The van der Waals surface area contributed by atoms with Crippen LogP contribution in [-0.2, 0) is 16.1 Å². The number of aromatic nitrogens is 1. The van der Waals surface area contributed by atoms with Crippen LogP contribution in [-0.4, -0.2) is 22.1 Å². The Labute approximate surface area is 292 Å². The zero-order valence-electron chi connectivity index (χ0n) is 26.3. The Hall–Kier alpha value is -3.87. The van der Waals surface area contributed by atoms with Crippen LogP contribution in [0, 0.1) is 10.1 Å². The molecule has 1 aliphatic heterocycles. The van der Waals surface area contributed by atoms with Gasteiger partial charge in [-0.15, -0.1) is 0 Å². The van der Waals surface area contributed by atoms with Gasteiger partial charge >= 0.3 is 5.97 Å². The molecule has 4 aromatic rings. The fourth-order valence-electron chi connectivity index (χ4n) is 5.35. The average Bonchev–Trinajstić information content (AvgIpc) is 3.34. The van der Waals surface area contributed by atoms with E-state index in [9.17, 15) is 19.7 Å². The van der Waals surface area contributed by atoms with Gasteiger partial charge in [0.15, 0.2) is 4.80 Å². The fraction of sp³-hybridized carbons (Fsp3) is 0.286. The van der Waals surface area contributed by atoms with Crippen molar-refractivity contribution < 1.29 is 19.2 Å². The third kappa shape index (κ3) is 7.50. The van der Waals surface area contributed by atoms with E-state index >= 15 is 0 Å². The molecule has 12 heteroatoms. The smallest absolute Gasteiger partial charge is 0.338 e. The molecule has 244 valence electrons. The van der Waals surface area contributed by atoms with Crippen molar-refractivity contribution in [2.75, 3.05) is 6.61 Å². The minimum Gasteiger partial charge on any atom is -0.487 e. The van der Waals surface area contributed by atoms with E-state index in [1.807, 2.05) is 43.3 Å². The molecule has 5 rings (SSSR count). The molecule has 0 fully saturated rings. The monoisotopic (exact) mass is 781 g/mol. The van der Waals surface area contributed by atoms with Gasteiger partial charge in [0.05, 0.1) is 37.8 Å². The van der Waals surface area contributed by atoms with Crippen molar-refractivity contribution in [2.24, 2.45) is 4.99 Å². The highest BCUT2D eigenvalue weighted by Gasteiger charge is 2.34. The average molecular weight is 784 g/mol. The molecule has 9 nitrogen and oxygen atoms in total. The number of nitro benzene ring substituents is 1. The molecule has 47 heavy (non-hydrogen) atoms. The number of carbonyl (C=O) groups excluding carboxylic acids is 1. The summed E-state index contributed by atoms with van der Waals surface area (Å²) in [6.45, 7) is 8.37. The lowest BCUT2D eigenvalue weighted by Crippen LogP contribution is -2.40. The summed E-state index contributed by atoms with van der Waals surface area (Å²) >= 11 is 8.39. The lowest BCUT2D eigenvalue weighted by atomic mass is 9.92. The number of hydrogen-bond donors (Lipinski definition) is 0. The van der Waals surface area contributed by atoms with Crippen LogP contribution in [0.1, 0.15) is 74.8 Å². The number of nitro groups is 1. The van der Waals surface area contributed by atoms with E-state index in [1.165, 1.54) is 23.5 Å². The Morgan fingerprint density at radius 2 is 1.81 bits per heavy atom. The van der Waals surface area contributed by atoms with Crippen LogP contribution in [0.15, 0.2) is 90.7 Å². The minimum absolute atomic E-state index is 0.00277. The second-order valence-electron chi connectivity index (χ2n) is 11.3. The van der Waals surface area contributed by atoms with E-state index in [-0.39, 0.29) is 24.5 Å². The fourth-order valence-corrected chi connectivity index (χ4v) is 7.73. The normalized spacial score (nSPS) is 14.6. The Morgan fingerprint density at radius 1 is 1.11 bits per heavy atom. The van der Waals surface area contributed by atoms with E-state index in [4.69, 9.17) is 14.5 Å². The largest absolute Gasteiger partial charge is 0.487 e. The highest BCUT2D eigenvalue weighted by atomic mass is 79.9. The van der Waals surface area contributed by atoms with E-state index in [0.29, 0.717) is 48.7 Å². The zero-order chi connectivity index (χ0) is 33.8. The van der Waals surface area contributed by atoms with Crippen LogP contribution < -0.4 is 19.6 Å². The Balaban J connectivity index is 1.64. The summed E-state index contributed by atoms with van der Waals surface area (Å²) < 4.78 is 15.2. The van der Waals surface area contributed by atoms with Crippen LogP contribution >= 0.6 is 43.2 Å². The number of thiazole rings is 1. The summed E-state index contributed by atoms with van der Waals surface area (Å²) in [5.74, 6) is 0.338. The van der Waals surface area contributed by atoms with Crippen LogP contribution in [0.25, 0.3) is 6.08 Å². The molecule has 0 saturated carbocycles. The predicted octanol–water partition coefficient (Wildman–Crippen LogP) is 7.71. The molecule has 0 aliphatic carbocycles. The van der Waals surface area contributed by atoms with Gasteiger partial charge in [0.25, 0.3) is 11.2 Å². The number of rotatable bonds is 11. The van der Waals surface area contributed by atoms with Crippen molar-refractivity contribution >= 4 is 60.9 Å². The highest BCUT2D eigenvalue weighted by molar-refractivity contribution is 9.11. The molecule has 2 heterocycles. The van der Waals surface area contributed by atoms with Crippen molar-refractivity contribution in [2.45, 2.75) is 59.1 Å². The third-order valence-electron chi connectivity index (χ3n) is 7.67. The van der Waals surface area contributed by atoms with Crippen LogP contribution in [0.5, 0.6) is 5.75 Å². The topological polar surface area (TPSA) is 113 Å². The predicted molar refractivity (Wildman–Crippen MR) is 189 cm³/mol. The van der Waals surface area contributed by atoms with Crippen molar-refractivity contribution in [3.63, 3.8) is 0 Å². The summed E-state index contributed by atoms with van der Waals surface area (Å²) in [6, 6.07) is 17.1. The summed E-state index contributed by atoms with van der Waals surface area (Å²) in [7, 11) is 0. The van der Waals surface area contributed by atoms with Crippen LogP contribution in [0.4, 0.5) is 5.69 Å². The number of carbonyl (C=O) groups is 1. The second kappa shape index (κ2) is 14.9. The van der Waals surface area contributed by atoms with Gasteiger partial charge in [-0.05, 0) is 82.2 Å². The van der Waals surface area contributed by atoms with Gasteiger partial charge in [-0.1, -0.05) is 78.7 Å². The van der Waals surface area contributed by atoms with Gasteiger partial charge in [-0.2, -0.15) is 0 Å². The molecule has 1 aliphatic rings. The maximum Gasteiger partial charge on any atom is 0.338 e. The van der Waals surface area contributed by atoms with Gasteiger partial charge < -0.3 is 9.47 Å². The number of halogens is 2. The number of fused-ring (bicyclic) bond motifs is 1. The van der Waals surface area contributed by atoms with Gasteiger partial charge in [0.1, 0.15) is 12.4 Å². The van der Waals surface area contributed by atoms with Crippen molar-refractivity contribution in [3.05, 3.63) is 133 Å². The first-order valence-corrected chi connectivity index (χ1v) is 17.6. The molecule has 0 radical (unpaired) electrons. The highest BCUT2D eigenvalue weighted by Crippen LogP contribution is 2.35. The number of benzene rings is 3. The molecular weight excluding hydrogens is 750 g/mol. The van der Waals surface area contributed by atoms with E-state index in [2.05, 4.69) is 45.7 Å². The quantitative estimate of drug-likeness (QED) is 0.0876. The third-order valence-corrected chi connectivity index (χ3v) is 9.69. The van der Waals surface area contributed by atoms with Crippen LogP contribution in [0.3, 0.4) is 0 Å². The van der Waals surface area contributed by atoms with E-state index < -0.39 is 16.9 Å². The van der Waals surface area contributed by atoms with E-state index in [1.54, 1.807) is 29.7 Å². The molecule has 1 aromatic heterocycles. The van der Waals surface area contributed by atoms with E-state index in [0.717, 1.165) is 27.6 Å². The maximum absolute atomic E-state index is 14.3. The first kappa shape index (κ1) is 34.5. The summed E-state index contributed by atoms with van der Waals surface area (Å²) in [6.07, 6.45) is 3.08. The summed E-state index contributed by atoms with van der Waals surface area (Å²) in [5, 5.41) is 11.1. The first-order chi connectivity index (χ1) is 22.5. The number of ether oxygens (including phenoxy) is 2. The van der Waals surface area contributed by atoms with Gasteiger partial charge in [0.2, 0.25) is 0 Å². The van der Waals surface area contributed by atoms with Crippen molar-refractivity contribution in [3.8, 4) is 5.75 Å². The zero-order valence-corrected chi connectivity index (χ0v) is 30.3. The van der Waals surface area contributed by atoms with Gasteiger partial charge in [0, 0.05) is 22.2 Å². The molecular formula is C35H33Br2N3O6S. The molecule has 0 saturated heterocycles. The Bertz CT molecular complexity index is 2030. The number of esters is 1. The first-order valence-electron chi connectivity index (χ1n) is 15.2. The molecule has 0 N–H and O–H groups in total. The van der Waals surface area contributed by atoms with Crippen molar-refractivity contribution in [1.82, 2.24) is 4.57 Å². The molecule has 1 atom stereocenters. The Morgan fingerprint density at radius 3 is 2.43 bits per heavy atom. The molecule has 3 aromatic carbocycles.